The third-order valence-corrected chi connectivity index (χ3v) is 4.07. The molecule has 0 amide bonds. The molecular weight excluding hydrogens is 317 g/mol. The molecule has 0 fully saturated rings. The lowest BCUT2D eigenvalue weighted by molar-refractivity contribution is 0.174. The minimum Gasteiger partial charge on any atom is -0.387 e. The standard InChI is InChI=1S/C20H20FN3O/c1-14-5-6-17(8-19(14)21)20(25)12-22-9-15-3-2-4-16(7-15)18-10-23-13-24-11-18/h2-8,10-11,13,20,22,25H,9,12H2,1H3. The first-order valence-corrected chi connectivity index (χ1v) is 8.12. The zero-order chi connectivity index (χ0) is 17.6. The summed E-state index contributed by atoms with van der Waals surface area (Å²) in [4.78, 5) is 8.06. The third-order valence-electron chi connectivity index (χ3n) is 4.07. The molecule has 0 saturated carbocycles. The van der Waals surface area contributed by atoms with Crippen molar-refractivity contribution in [1.29, 1.82) is 0 Å². The molecule has 2 aromatic carbocycles. The number of aromatic nitrogens is 2. The largest absolute Gasteiger partial charge is 0.387 e. The topological polar surface area (TPSA) is 58.0 Å². The van der Waals surface area contributed by atoms with E-state index >= 15 is 0 Å². The van der Waals surface area contributed by atoms with Gasteiger partial charge in [-0.2, -0.15) is 0 Å². The molecule has 1 atom stereocenters. The minimum absolute atomic E-state index is 0.297. The molecule has 0 radical (unpaired) electrons. The Balaban J connectivity index is 1.59. The molecule has 3 aromatic rings. The number of rotatable bonds is 6. The summed E-state index contributed by atoms with van der Waals surface area (Å²) in [7, 11) is 0. The molecule has 0 bridgehead atoms. The summed E-state index contributed by atoms with van der Waals surface area (Å²) < 4.78 is 13.6. The van der Waals surface area contributed by atoms with Crippen molar-refractivity contribution >= 4 is 0 Å². The van der Waals surface area contributed by atoms with E-state index in [-0.39, 0.29) is 5.82 Å². The maximum Gasteiger partial charge on any atom is 0.126 e. The fourth-order valence-corrected chi connectivity index (χ4v) is 2.60. The number of aryl methyl sites for hydroxylation is 1. The van der Waals surface area contributed by atoms with E-state index in [2.05, 4.69) is 21.4 Å². The van der Waals surface area contributed by atoms with Gasteiger partial charge in [0.15, 0.2) is 0 Å². The van der Waals surface area contributed by atoms with Crippen molar-refractivity contribution in [3.8, 4) is 11.1 Å². The van der Waals surface area contributed by atoms with Gasteiger partial charge in [0.25, 0.3) is 0 Å². The van der Waals surface area contributed by atoms with Crippen LogP contribution >= 0.6 is 0 Å². The quantitative estimate of drug-likeness (QED) is 0.724. The van der Waals surface area contributed by atoms with Crippen LogP contribution in [0, 0.1) is 12.7 Å². The number of benzene rings is 2. The summed E-state index contributed by atoms with van der Waals surface area (Å²) in [5.74, 6) is -0.297. The molecule has 1 unspecified atom stereocenters. The molecule has 1 aromatic heterocycles. The molecule has 3 rings (SSSR count). The summed E-state index contributed by atoms with van der Waals surface area (Å²) >= 11 is 0. The van der Waals surface area contributed by atoms with E-state index in [0.29, 0.717) is 24.2 Å². The fourth-order valence-electron chi connectivity index (χ4n) is 2.60. The summed E-state index contributed by atoms with van der Waals surface area (Å²) in [5, 5.41) is 13.4. The Labute approximate surface area is 146 Å². The molecule has 128 valence electrons. The first-order chi connectivity index (χ1) is 12.1. The van der Waals surface area contributed by atoms with E-state index in [4.69, 9.17) is 0 Å². The molecule has 0 aliphatic heterocycles. The normalized spacial score (nSPS) is 12.1. The van der Waals surface area contributed by atoms with Gasteiger partial charge in [-0.15, -0.1) is 0 Å². The van der Waals surface area contributed by atoms with Gasteiger partial charge in [0.05, 0.1) is 6.10 Å². The van der Waals surface area contributed by atoms with Gasteiger partial charge in [0.1, 0.15) is 12.1 Å². The van der Waals surface area contributed by atoms with Crippen molar-refractivity contribution < 1.29 is 9.50 Å². The number of aliphatic hydroxyl groups is 1. The second kappa shape index (κ2) is 7.96. The second-order valence-corrected chi connectivity index (χ2v) is 5.98. The highest BCUT2D eigenvalue weighted by Crippen LogP contribution is 2.19. The molecule has 2 N–H and O–H groups in total. The van der Waals surface area contributed by atoms with Crippen LogP contribution in [0.2, 0.25) is 0 Å². The smallest absolute Gasteiger partial charge is 0.126 e. The Kier molecular flexibility index (Phi) is 5.48. The lowest BCUT2D eigenvalue weighted by Gasteiger charge is -2.13. The molecular formula is C20H20FN3O. The number of hydrogen-bond donors (Lipinski definition) is 2. The van der Waals surface area contributed by atoms with Crippen molar-refractivity contribution in [2.24, 2.45) is 0 Å². The van der Waals surface area contributed by atoms with Crippen LogP contribution < -0.4 is 5.32 Å². The summed E-state index contributed by atoms with van der Waals surface area (Å²) in [5.41, 5.74) is 4.24. The number of halogens is 1. The highest BCUT2D eigenvalue weighted by Gasteiger charge is 2.09. The van der Waals surface area contributed by atoms with E-state index in [1.165, 1.54) is 12.4 Å². The number of hydrogen-bond acceptors (Lipinski definition) is 4. The average molecular weight is 337 g/mol. The van der Waals surface area contributed by atoms with Crippen LogP contribution in [0.3, 0.4) is 0 Å². The summed E-state index contributed by atoms with van der Waals surface area (Å²) in [6, 6.07) is 12.9. The summed E-state index contributed by atoms with van der Waals surface area (Å²) in [6.07, 6.45) is 4.30. The number of nitrogens with zero attached hydrogens (tertiary/aromatic N) is 2. The third kappa shape index (κ3) is 4.47. The van der Waals surface area contributed by atoms with Crippen LogP contribution in [-0.4, -0.2) is 21.6 Å². The molecule has 5 heteroatoms. The molecule has 0 aliphatic rings. The summed E-state index contributed by atoms with van der Waals surface area (Å²) in [6.45, 7) is 2.66. The molecule has 25 heavy (non-hydrogen) atoms. The predicted octanol–water partition coefficient (Wildman–Crippen LogP) is 3.41. The first-order valence-electron chi connectivity index (χ1n) is 8.12. The monoisotopic (exact) mass is 337 g/mol. The van der Waals surface area contributed by atoms with Gasteiger partial charge < -0.3 is 10.4 Å². The Morgan fingerprint density at radius 1 is 1.08 bits per heavy atom. The Hall–Kier alpha value is -2.63. The highest BCUT2D eigenvalue weighted by atomic mass is 19.1. The zero-order valence-electron chi connectivity index (χ0n) is 14.0. The van der Waals surface area contributed by atoms with Crippen LogP contribution in [0.25, 0.3) is 11.1 Å². The van der Waals surface area contributed by atoms with E-state index in [9.17, 15) is 9.50 Å². The Morgan fingerprint density at radius 3 is 2.64 bits per heavy atom. The van der Waals surface area contributed by atoms with Gasteiger partial charge in [0.2, 0.25) is 0 Å². The van der Waals surface area contributed by atoms with Crippen LogP contribution in [0.4, 0.5) is 4.39 Å². The molecule has 0 saturated heterocycles. The Bertz CT molecular complexity index is 839. The van der Waals surface area contributed by atoms with Gasteiger partial charge in [-0.25, -0.2) is 14.4 Å². The van der Waals surface area contributed by atoms with E-state index < -0.39 is 6.10 Å². The highest BCUT2D eigenvalue weighted by molar-refractivity contribution is 5.62. The second-order valence-electron chi connectivity index (χ2n) is 5.98. The predicted molar refractivity (Wildman–Crippen MR) is 95.3 cm³/mol. The number of nitrogens with one attached hydrogen (secondary N) is 1. The van der Waals surface area contributed by atoms with Gasteiger partial charge >= 0.3 is 0 Å². The SMILES string of the molecule is Cc1ccc(C(O)CNCc2cccc(-c3cncnc3)c2)cc1F. The van der Waals surface area contributed by atoms with Gasteiger partial charge in [-0.05, 0) is 41.3 Å². The van der Waals surface area contributed by atoms with Crippen molar-refractivity contribution in [2.45, 2.75) is 19.6 Å². The molecule has 0 spiro atoms. The van der Waals surface area contributed by atoms with Gasteiger partial charge in [0, 0.05) is 31.0 Å². The lowest BCUT2D eigenvalue weighted by Crippen LogP contribution is -2.21. The molecule has 1 heterocycles. The first kappa shape index (κ1) is 17.2. The van der Waals surface area contributed by atoms with Crippen molar-refractivity contribution in [3.63, 3.8) is 0 Å². The van der Waals surface area contributed by atoms with Crippen LogP contribution in [0.15, 0.2) is 61.2 Å². The lowest BCUT2D eigenvalue weighted by atomic mass is 10.1. The molecule has 0 aliphatic carbocycles. The molecule has 4 nitrogen and oxygen atoms in total. The Morgan fingerprint density at radius 2 is 1.88 bits per heavy atom. The minimum atomic E-state index is -0.749. The van der Waals surface area contributed by atoms with Crippen LogP contribution in [0.1, 0.15) is 22.8 Å². The van der Waals surface area contributed by atoms with Crippen LogP contribution in [0.5, 0.6) is 0 Å². The average Bonchev–Trinajstić information content (AvgIpc) is 2.65. The fraction of sp³-hybridized carbons (Fsp3) is 0.200. The van der Waals surface area contributed by atoms with Crippen LogP contribution in [-0.2, 0) is 6.54 Å². The van der Waals surface area contributed by atoms with Gasteiger partial charge in [-0.1, -0.05) is 30.3 Å². The maximum absolute atomic E-state index is 13.6. The number of aliphatic hydroxyl groups excluding tert-OH is 1. The van der Waals surface area contributed by atoms with Crippen molar-refractivity contribution in [1.82, 2.24) is 15.3 Å². The van der Waals surface area contributed by atoms with E-state index in [0.717, 1.165) is 16.7 Å². The van der Waals surface area contributed by atoms with Gasteiger partial charge in [-0.3, -0.25) is 0 Å². The van der Waals surface area contributed by atoms with Crippen molar-refractivity contribution in [2.75, 3.05) is 6.54 Å². The zero-order valence-corrected chi connectivity index (χ0v) is 14.0. The van der Waals surface area contributed by atoms with E-state index in [1.807, 2.05) is 18.2 Å². The van der Waals surface area contributed by atoms with Crippen molar-refractivity contribution in [3.05, 3.63) is 83.7 Å². The maximum atomic E-state index is 13.6. The van der Waals surface area contributed by atoms with E-state index in [1.54, 1.807) is 31.5 Å².